The molecule has 0 atom stereocenters. The van der Waals surface area contributed by atoms with Crippen molar-refractivity contribution in [2.24, 2.45) is 0 Å². The highest BCUT2D eigenvalue weighted by molar-refractivity contribution is 7.80. The summed E-state index contributed by atoms with van der Waals surface area (Å²) >= 11 is 16.9. The van der Waals surface area contributed by atoms with E-state index in [4.69, 9.17) is 35.4 Å². The summed E-state index contributed by atoms with van der Waals surface area (Å²) in [6.07, 6.45) is 0.383. The van der Waals surface area contributed by atoms with Crippen molar-refractivity contribution in [2.75, 3.05) is 10.6 Å². The molecule has 0 radical (unpaired) electrons. The van der Waals surface area contributed by atoms with Crippen LogP contribution in [0.5, 0.6) is 0 Å². The second-order valence-corrected chi connectivity index (χ2v) is 6.27. The third-order valence-corrected chi connectivity index (χ3v) is 3.88. The summed E-state index contributed by atoms with van der Waals surface area (Å²) in [7, 11) is 0. The first-order valence-electron chi connectivity index (χ1n) is 7.36. The molecule has 0 fully saturated rings. The van der Waals surface area contributed by atoms with Crippen molar-refractivity contribution in [2.45, 2.75) is 13.3 Å². The van der Waals surface area contributed by atoms with Crippen LogP contribution in [0.15, 0.2) is 42.5 Å². The summed E-state index contributed by atoms with van der Waals surface area (Å²) in [5, 5.41) is 8.95. The average molecular weight is 396 g/mol. The molecular formula is C17H15Cl2N3O2S. The van der Waals surface area contributed by atoms with Crippen LogP contribution in [0, 0.1) is 0 Å². The second kappa shape index (κ2) is 8.80. The molecule has 2 amide bonds. The Morgan fingerprint density at radius 1 is 1.04 bits per heavy atom. The third-order valence-electron chi connectivity index (χ3n) is 3.13. The number of anilines is 2. The Balaban J connectivity index is 2.01. The Bertz CT molecular complexity index is 827. The van der Waals surface area contributed by atoms with E-state index >= 15 is 0 Å². The highest BCUT2D eigenvalue weighted by atomic mass is 35.5. The molecule has 8 heteroatoms. The van der Waals surface area contributed by atoms with Gasteiger partial charge in [-0.25, -0.2) is 0 Å². The van der Waals surface area contributed by atoms with Crippen molar-refractivity contribution in [3.63, 3.8) is 0 Å². The number of carbonyl (C=O) groups excluding carboxylic acids is 2. The van der Waals surface area contributed by atoms with E-state index in [0.29, 0.717) is 22.8 Å². The fourth-order valence-corrected chi connectivity index (χ4v) is 2.64. The molecule has 25 heavy (non-hydrogen) atoms. The topological polar surface area (TPSA) is 70.2 Å². The van der Waals surface area contributed by atoms with Gasteiger partial charge in [-0.05, 0) is 48.6 Å². The van der Waals surface area contributed by atoms with Gasteiger partial charge in [-0.15, -0.1) is 0 Å². The minimum Gasteiger partial charge on any atom is -0.332 e. The zero-order valence-electron chi connectivity index (χ0n) is 13.2. The minimum atomic E-state index is -0.449. The van der Waals surface area contributed by atoms with Crippen LogP contribution in [0.1, 0.15) is 23.7 Å². The SMILES string of the molecule is CCC(=O)Nc1cccc(NC(=S)NC(=O)c2ccc(Cl)cc2Cl)c1. The Labute approximate surface area is 160 Å². The lowest BCUT2D eigenvalue weighted by atomic mass is 10.2. The molecule has 0 bridgehead atoms. The van der Waals surface area contributed by atoms with Crippen molar-refractivity contribution in [1.82, 2.24) is 5.32 Å². The van der Waals surface area contributed by atoms with Crippen LogP contribution in [0.3, 0.4) is 0 Å². The molecule has 2 aromatic carbocycles. The van der Waals surface area contributed by atoms with Crippen LogP contribution >= 0.6 is 35.4 Å². The van der Waals surface area contributed by atoms with Crippen LogP contribution in [0.4, 0.5) is 11.4 Å². The average Bonchev–Trinajstić information content (AvgIpc) is 2.54. The molecule has 0 saturated heterocycles. The highest BCUT2D eigenvalue weighted by Gasteiger charge is 2.12. The molecule has 5 nitrogen and oxygen atoms in total. The summed E-state index contributed by atoms with van der Waals surface area (Å²) in [4.78, 5) is 23.6. The van der Waals surface area contributed by atoms with Crippen LogP contribution < -0.4 is 16.0 Å². The molecule has 2 rings (SSSR count). The molecule has 0 aromatic heterocycles. The molecule has 0 unspecified atom stereocenters. The quantitative estimate of drug-likeness (QED) is 0.667. The van der Waals surface area contributed by atoms with Gasteiger partial charge >= 0.3 is 0 Å². The fraction of sp³-hybridized carbons (Fsp3) is 0.118. The summed E-state index contributed by atoms with van der Waals surface area (Å²) in [6.45, 7) is 1.77. The standard InChI is InChI=1S/C17H15Cl2N3O2S/c1-2-15(23)20-11-4-3-5-12(9-11)21-17(25)22-16(24)13-7-6-10(18)8-14(13)19/h3-9H,2H2,1H3,(H,20,23)(H2,21,22,24,25). The van der Waals surface area contributed by atoms with Crippen LogP contribution in [0.2, 0.25) is 10.0 Å². The lowest BCUT2D eigenvalue weighted by molar-refractivity contribution is -0.115. The maximum Gasteiger partial charge on any atom is 0.258 e. The van der Waals surface area contributed by atoms with E-state index in [1.165, 1.54) is 12.1 Å². The van der Waals surface area contributed by atoms with Crippen molar-refractivity contribution in [3.8, 4) is 0 Å². The maximum absolute atomic E-state index is 12.2. The summed E-state index contributed by atoms with van der Waals surface area (Å²) in [5.41, 5.74) is 1.52. The second-order valence-electron chi connectivity index (χ2n) is 5.01. The molecule has 0 aliphatic rings. The molecule has 2 aromatic rings. The zero-order chi connectivity index (χ0) is 18.4. The van der Waals surface area contributed by atoms with E-state index < -0.39 is 5.91 Å². The normalized spacial score (nSPS) is 10.0. The first-order chi connectivity index (χ1) is 11.9. The number of nitrogens with one attached hydrogen (secondary N) is 3. The fourth-order valence-electron chi connectivity index (χ4n) is 1.93. The highest BCUT2D eigenvalue weighted by Crippen LogP contribution is 2.21. The van der Waals surface area contributed by atoms with E-state index in [9.17, 15) is 9.59 Å². The van der Waals surface area contributed by atoms with Gasteiger partial charge in [0.1, 0.15) is 0 Å². The van der Waals surface area contributed by atoms with Crippen LogP contribution in [-0.4, -0.2) is 16.9 Å². The molecule has 0 heterocycles. The van der Waals surface area contributed by atoms with Gasteiger partial charge in [0.25, 0.3) is 5.91 Å². The zero-order valence-corrected chi connectivity index (χ0v) is 15.6. The molecular weight excluding hydrogens is 381 g/mol. The molecule has 130 valence electrons. The number of benzene rings is 2. The molecule has 3 N–H and O–H groups in total. The van der Waals surface area contributed by atoms with Gasteiger partial charge in [0.2, 0.25) is 5.91 Å². The van der Waals surface area contributed by atoms with Crippen LogP contribution in [-0.2, 0) is 4.79 Å². The lowest BCUT2D eigenvalue weighted by Crippen LogP contribution is -2.34. The summed E-state index contributed by atoms with van der Waals surface area (Å²) in [5.74, 6) is -0.542. The van der Waals surface area contributed by atoms with E-state index in [1.54, 1.807) is 37.3 Å². The Kier molecular flexibility index (Phi) is 6.75. The van der Waals surface area contributed by atoms with Crippen molar-refractivity contribution in [3.05, 3.63) is 58.1 Å². The smallest absolute Gasteiger partial charge is 0.258 e. The lowest BCUT2D eigenvalue weighted by Gasteiger charge is -2.12. The van der Waals surface area contributed by atoms with E-state index in [-0.39, 0.29) is 21.6 Å². The van der Waals surface area contributed by atoms with Gasteiger partial charge in [-0.1, -0.05) is 36.2 Å². The van der Waals surface area contributed by atoms with E-state index in [0.717, 1.165) is 0 Å². The summed E-state index contributed by atoms with van der Waals surface area (Å²) in [6, 6.07) is 11.6. The van der Waals surface area contributed by atoms with E-state index in [1.807, 2.05) is 0 Å². The van der Waals surface area contributed by atoms with Crippen molar-refractivity contribution < 1.29 is 9.59 Å². The van der Waals surface area contributed by atoms with Gasteiger partial charge in [0.15, 0.2) is 5.11 Å². The summed E-state index contributed by atoms with van der Waals surface area (Å²) < 4.78 is 0. The molecule has 0 aliphatic carbocycles. The number of rotatable bonds is 4. The number of carbonyl (C=O) groups is 2. The van der Waals surface area contributed by atoms with Gasteiger partial charge in [-0.2, -0.15) is 0 Å². The molecule has 0 spiro atoms. The van der Waals surface area contributed by atoms with Crippen LogP contribution in [0.25, 0.3) is 0 Å². The number of halogens is 2. The Morgan fingerprint density at radius 3 is 2.36 bits per heavy atom. The largest absolute Gasteiger partial charge is 0.332 e. The van der Waals surface area contributed by atoms with E-state index in [2.05, 4.69) is 16.0 Å². The monoisotopic (exact) mass is 395 g/mol. The minimum absolute atomic E-state index is 0.0922. The maximum atomic E-state index is 12.2. The number of hydrogen-bond donors (Lipinski definition) is 3. The first-order valence-corrected chi connectivity index (χ1v) is 8.52. The first kappa shape index (κ1) is 19.2. The van der Waals surface area contributed by atoms with Crippen molar-refractivity contribution in [1.29, 1.82) is 0 Å². The predicted molar refractivity (Wildman–Crippen MR) is 106 cm³/mol. The van der Waals surface area contributed by atoms with Gasteiger partial charge < -0.3 is 10.6 Å². The molecule has 0 saturated carbocycles. The number of amides is 2. The Hall–Kier alpha value is -2.15. The Morgan fingerprint density at radius 2 is 1.72 bits per heavy atom. The molecule has 0 aliphatic heterocycles. The number of thiocarbonyl (C=S) groups is 1. The predicted octanol–water partition coefficient (Wildman–Crippen LogP) is 4.47. The van der Waals surface area contributed by atoms with Gasteiger partial charge in [0, 0.05) is 22.8 Å². The van der Waals surface area contributed by atoms with Gasteiger partial charge in [0.05, 0.1) is 10.6 Å². The third kappa shape index (κ3) is 5.70. The van der Waals surface area contributed by atoms with Gasteiger partial charge in [-0.3, -0.25) is 14.9 Å². The number of hydrogen-bond acceptors (Lipinski definition) is 3. The van der Waals surface area contributed by atoms with Crippen molar-refractivity contribution >= 4 is 63.7 Å².